The molecule has 0 spiro atoms. The Balaban J connectivity index is 0. The Morgan fingerprint density at radius 2 is 1.67 bits per heavy atom. The van der Waals surface area contributed by atoms with Gasteiger partial charge in [-0.05, 0) is 0 Å². The minimum Gasteiger partial charge on any atom is -0.184 e. The van der Waals surface area contributed by atoms with Crippen LogP contribution in [0, 0.1) is 13.0 Å². The van der Waals surface area contributed by atoms with Crippen molar-refractivity contribution < 1.29 is 17.1 Å². The van der Waals surface area contributed by atoms with Gasteiger partial charge in [-0.2, -0.15) is 35.9 Å². The molecule has 0 heterocycles. The summed E-state index contributed by atoms with van der Waals surface area (Å²) in [5.74, 6) is 0. The molecule has 0 saturated heterocycles. The van der Waals surface area contributed by atoms with Gasteiger partial charge in [-0.3, -0.25) is 0 Å². The number of halogens is 1. The van der Waals surface area contributed by atoms with E-state index in [-0.39, 0.29) is 34.1 Å². The number of hydrogen-bond acceptors (Lipinski definition) is 0. The molecule has 0 aromatic heterocycles. The van der Waals surface area contributed by atoms with Crippen molar-refractivity contribution in [3.63, 3.8) is 0 Å². The van der Waals surface area contributed by atoms with Gasteiger partial charge >= 0.3 is 0 Å². The predicted molar refractivity (Wildman–Crippen MR) is 40.3 cm³/mol. The average Bonchev–Trinajstić information content (AvgIpc) is 1.69. The summed E-state index contributed by atoms with van der Waals surface area (Å²) in [4.78, 5) is 0. The van der Waals surface area contributed by atoms with Crippen LogP contribution in [-0.2, 0) is 17.1 Å². The Labute approximate surface area is 76.9 Å². The fraction of sp³-hybridized carbons (Fsp3) is 0.143. The van der Waals surface area contributed by atoms with Gasteiger partial charge in [0, 0.05) is 17.1 Å². The summed E-state index contributed by atoms with van der Waals surface area (Å²) < 4.78 is 0. The third-order valence-corrected chi connectivity index (χ3v) is 0.885. The third-order valence-electron chi connectivity index (χ3n) is 0.885. The summed E-state index contributed by atoms with van der Waals surface area (Å²) in [6.45, 7) is 2.06. The van der Waals surface area contributed by atoms with E-state index in [1.165, 1.54) is 5.56 Å². The van der Waals surface area contributed by atoms with E-state index < -0.39 is 0 Å². The monoisotopic (exact) mass is 226 g/mol. The molecule has 0 fully saturated rings. The zero-order valence-electron chi connectivity index (χ0n) is 5.10. The normalized spacial score (nSPS) is 6.78. The number of rotatable bonds is 0. The van der Waals surface area contributed by atoms with E-state index in [2.05, 4.69) is 13.0 Å². The first-order valence-corrected chi connectivity index (χ1v) is 2.32. The van der Waals surface area contributed by atoms with E-state index in [1.54, 1.807) is 0 Å². The summed E-state index contributed by atoms with van der Waals surface area (Å²) in [7, 11) is 0. The van der Waals surface area contributed by atoms with Gasteiger partial charge in [-0.25, -0.2) is 0 Å². The second kappa shape index (κ2) is 6.34. The molecule has 51 valence electrons. The molecule has 1 radical (unpaired) electrons. The molecule has 1 aromatic carbocycles. The summed E-state index contributed by atoms with van der Waals surface area (Å²) in [5.41, 5.74) is 1.29. The molecule has 9 heavy (non-hydrogen) atoms. The molecule has 0 aliphatic rings. The van der Waals surface area contributed by atoms with Crippen LogP contribution in [0.4, 0.5) is 0 Å². The van der Waals surface area contributed by atoms with Crippen LogP contribution < -0.4 is 0 Å². The fourth-order valence-electron chi connectivity index (χ4n) is 0.470. The standard InChI is InChI=1S/C7H7.BrH.Mn/c1-7-5-3-2-4-6-7;;/h3-6H,1H3;1H;/q-1;;. The van der Waals surface area contributed by atoms with Gasteiger partial charge in [0.1, 0.15) is 0 Å². The molecule has 0 aliphatic heterocycles. The number of aryl methyl sites for hydroxylation is 1. The fourth-order valence-corrected chi connectivity index (χ4v) is 0.470. The quantitative estimate of drug-likeness (QED) is 0.471. The van der Waals surface area contributed by atoms with Gasteiger partial charge in [0.05, 0.1) is 0 Å². The van der Waals surface area contributed by atoms with Crippen molar-refractivity contribution in [2.24, 2.45) is 0 Å². The van der Waals surface area contributed by atoms with Crippen molar-refractivity contribution >= 4 is 17.0 Å². The second-order valence-corrected chi connectivity index (χ2v) is 1.58. The van der Waals surface area contributed by atoms with Gasteiger partial charge in [0.25, 0.3) is 0 Å². The van der Waals surface area contributed by atoms with Crippen LogP contribution in [0.25, 0.3) is 0 Å². The molecular weight excluding hydrogens is 219 g/mol. The molecule has 0 bridgehead atoms. The van der Waals surface area contributed by atoms with E-state index in [4.69, 9.17) is 0 Å². The molecular formula is C7H8BrMn-. The molecule has 0 nitrogen and oxygen atoms in total. The molecule has 2 heteroatoms. The maximum Gasteiger partial charge on any atom is 0 e. The van der Waals surface area contributed by atoms with Crippen LogP contribution in [0.3, 0.4) is 0 Å². The first kappa shape index (κ1) is 12.0. The Kier molecular flexibility index (Phi) is 8.42. The van der Waals surface area contributed by atoms with E-state index in [1.807, 2.05) is 24.3 Å². The zero-order chi connectivity index (χ0) is 5.11. The SMILES string of the molecule is Br.Cc1cc[c-]cc1.[Mn]. The van der Waals surface area contributed by atoms with Gasteiger partial charge in [0.2, 0.25) is 0 Å². The Morgan fingerprint density at radius 3 is 1.89 bits per heavy atom. The van der Waals surface area contributed by atoms with E-state index >= 15 is 0 Å². The van der Waals surface area contributed by atoms with E-state index in [9.17, 15) is 0 Å². The van der Waals surface area contributed by atoms with Gasteiger partial charge in [-0.1, -0.05) is 6.92 Å². The van der Waals surface area contributed by atoms with Crippen molar-refractivity contribution in [2.75, 3.05) is 0 Å². The average molecular weight is 227 g/mol. The van der Waals surface area contributed by atoms with Crippen molar-refractivity contribution in [2.45, 2.75) is 6.92 Å². The van der Waals surface area contributed by atoms with Gasteiger partial charge < -0.3 is 0 Å². The van der Waals surface area contributed by atoms with Crippen molar-refractivity contribution in [3.05, 3.63) is 35.9 Å². The van der Waals surface area contributed by atoms with Gasteiger partial charge in [-0.15, -0.1) is 17.0 Å². The summed E-state index contributed by atoms with van der Waals surface area (Å²) in [6, 6.07) is 10.8. The van der Waals surface area contributed by atoms with Gasteiger partial charge in [0.15, 0.2) is 0 Å². The molecule has 0 saturated carbocycles. The Bertz CT molecular complexity index is 139. The molecule has 0 aliphatic carbocycles. The van der Waals surface area contributed by atoms with Crippen LogP contribution in [0.1, 0.15) is 5.56 Å². The van der Waals surface area contributed by atoms with Crippen LogP contribution in [0.2, 0.25) is 0 Å². The van der Waals surface area contributed by atoms with E-state index in [0.29, 0.717) is 0 Å². The minimum atomic E-state index is 0. The molecule has 0 unspecified atom stereocenters. The predicted octanol–water partition coefficient (Wildman–Crippen LogP) is 2.37. The van der Waals surface area contributed by atoms with Crippen molar-refractivity contribution in [3.8, 4) is 0 Å². The van der Waals surface area contributed by atoms with Crippen molar-refractivity contribution in [1.82, 2.24) is 0 Å². The molecule has 0 N–H and O–H groups in total. The summed E-state index contributed by atoms with van der Waals surface area (Å²) in [6.07, 6.45) is 0. The van der Waals surface area contributed by atoms with Crippen LogP contribution in [0.15, 0.2) is 24.3 Å². The minimum absolute atomic E-state index is 0. The first-order chi connectivity index (χ1) is 3.39. The van der Waals surface area contributed by atoms with Crippen LogP contribution >= 0.6 is 17.0 Å². The molecule has 0 atom stereocenters. The maximum absolute atomic E-state index is 2.93. The maximum atomic E-state index is 2.93. The third kappa shape index (κ3) is 4.71. The topological polar surface area (TPSA) is 0 Å². The number of benzene rings is 1. The largest absolute Gasteiger partial charge is 0.184 e. The molecule has 0 amide bonds. The summed E-state index contributed by atoms with van der Waals surface area (Å²) >= 11 is 0. The van der Waals surface area contributed by atoms with Crippen LogP contribution in [0.5, 0.6) is 0 Å². The Morgan fingerprint density at radius 1 is 1.22 bits per heavy atom. The van der Waals surface area contributed by atoms with Crippen LogP contribution in [-0.4, -0.2) is 0 Å². The molecule has 1 rings (SSSR count). The second-order valence-electron chi connectivity index (χ2n) is 1.58. The van der Waals surface area contributed by atoms with E-state index in [0.717, 1.165) is 0 Å². The summed E-state index contributed by atoms with van der Waals surface area (Å²) in [5, 5.41) is 0. The van der Waals surface area contributed by atoms with Crippen molar-refractivity contribution in [1.29, 1.82) is 0 Å². The first-order valence-electron chi connectivity index (χ1n) is 2.32. The smallest absolute Gasteiger partial charge is 0 e. The zero-order valence-corrected chi connectivity index (χ0v) is 7.99. The number of hydrogen-bond donors (Lipinski definition) is 0. The Hall–Kier alpha value is 0.219. The molecule has 1 aromatic rings.